The minimum Gasteiger partial charge on any atom is -0.476 e. The van der Waals surface area contributed by atoms with Crippen molar-refractivity contribution in [2.24, 2.45) is 10.4 Å². The van der Waals surface area contributed by atoms with Crippen molar-refractivity contribution in [2.75, 3.05) is 40.5 Å². The maximum Gasteiger partial charge on any atom is 0.213 e. The van der Waals surface area contributed by atoms with Crippen LogP contribution in [0, 0.1) is 5.41 Å². The van der Waals surface area contributed by atoms with Crippen molar-refractivity contribution in [1.82, 2.24) is 15.6 Å². The molecule has 7 heteroatoms. The van der Waals surface area contributed by atoms with Gasteiger partial charge in [0, 0.05) is 39.6 Å². The highest BCUT2D eigenvalue weighted by Crippen LogP contribution is 2.43. The van der Waals surface area contributed by atoms with Crippen LogP contribution in [0.3, 0.4) is 0 Å². The lowest BCUT2D eigenvalue weighted by atomic mass is 9.67. The Hall–Kier alpha value is -1.53. The maximum atomic E-state index is 5.79. The monoisotopic (exact) mass is 354 g/mol. The number of guanidine groups is 1. The first-order valence-corrected chi connectivity index (χ1v) is 8.73. The Morgan fingerprint density at radius 3 is 2.75 bits per heavy atom. The van der Waals surface area contributed by atoms with Gasteiger partial charge < -0.3 is 20.1 Å². The summed E-state index contributed by atoms with van der Waals surface area (Å²) >= 11 is 5.79. The molecule has 1 aromatic heterocycles. The number of rotatable bonds is 9. The van der Waals surface area contributed by atoms with Crippen LogP contribution in [-0.2, 0) is 4.74 Å². The molecular formula is C17H27ClN4O2. The summed E-state index contributed by atoms with van der Waals surface area (Å²) in [4.78, 5) is 8.35. The molecule has 6 nitrogen and oxygen atoms in total. The number of aliphatic imine (C=N–C) groups is 1. The van der Waals surface area contributed by atoms with Crippen LogP contribution in [0.4, 0.5) is 0 Å². The molecule has 0 aliphatic heterocycles. The van der Waals surface area contributed by atoms with Gasteiger partial charge in [-0.25, -0.2) is 4.98 Å². The van der Waals surface area contributed by atoms with Crippen LogP contribution in [-0.4, -0.2) is 51.4 Å². The fourth-order valence-electron chi connectivity index (χ4n) is 2.78. The van der Waals surface area contributed by atoms with Gasteiger partial charge in [-0.15, -0.1) is 0 Å². The first kappa shape index (κ1) is 18.8. The summed E-state index contributed by atoms with van der Waals surface area (Å²) in [6.07, 6.45) is 6.48. The van der Waals surface area contributed by atoms with Crippen molar-refractivity contribution in [3.05, 3.63) is 23.4 Å². The Morgan fingerprint density at radius 1 is 1.33 bits per heavy atom. The van der Waals surface area contributed by atoms with Crippen LogP contribution < -0.4 is 15.4 Å². The van der Waals surface area contributed by atoms with Gasteiger partial charge in [0.2, 0.25) is 5.88 Å². The number of nitrogens with zero attached hydrogens (tertiary/aromatic N) is 2. The van der Waals surface area contributed by atoms with Crippen molar-refractivity contribution in [2.45, 2.75) is 25.7 Å². The number of nitrogens with one attached hydrogen (secondary N) is 2. The molecule has 24 heavy (non-hydrogen) atoms. The number of aromatic nitrogens is 1. The summed E-state index contributed by atoms with van der Waals surface area (Å²) in [5.41, 5.74) is 0.358. The Bertz CT molecular complexity index is 518. The number of halogens is 1. The van der Waals surface area contributed by atoms with E-state index in [1.807, 2.05) is 0 Å². The van der Waals surface area contributed by atoms with Gasteiger partial charge in [0.05, 0.1) is 11.6 Å². The molecule has 0 bridgehead atoms. The standard InChI is InChI=1S/C17H27ClN4O2/c1-19-16(22-13-17(6-3-7-17)8-10-23-2)20-9-11-24-15-5-4-14(18)12-21-15/h4-5,12H,3,6-11,13H2,1-2H3,(H2,19,20,22). The number of hydrogen-bond acceptors (Lipinski definition) is 4. The summed E-state index contributed by atoms with van der Waals surface area (Å²) < 4.78 is 10.8. The number of pyridine rings is 1. The fourth-order valence-corrected chi connectivity index (χ4v) is 2.89. The lowest BCUT2D eigenvalue weighted by Crippen LogP contribution is -2.47. The van der Waals surface area contributed by atoms with E-state index in [1.165, 1.54) is 19.3 Å². The molecule has 0 atom stereocenters. The summed E-state index contributed by atoms with van der Waals surface area (Å²) in [6, 6.07) is 3.52. The first-order chi connectivity index (χ1) is 11.7. The highest BCUT2D eigenvalue weighted by molar-refractivity contribution is 6.30. The fraction of sp³-hybridized carbons (Fsp3) is 0.647. The Morgan fingerprint density at radius 2 is 2.17 bits per heavy atom. The minimum atomic E-state index is 0.358. The van der Waals surface area contributed by atoms with Gasteiger partial charge in [0.25, 0.3) is 0 Å². The number of ether oxygens (including phenoxy) is 2. The second-order valence-electron chi connectivity index (χ2n) is 6.11. The van der Waals surface area contributed by atoms with E-state index in [2.05, 4.69) is 20.6 Å². The summed E-state index contributed by atoms with van der Waals surface area (Å²) in [5.74, 6) is 1.36. The van der Waals surface area contributed by atoms with E-state index in [9.17, 15) is 0 Å². The minimum absolute atomic E-state index is 0.358. The van der Waals surface area contributed by atoms with E-state index in [4.69, 9.17) is 21.1 Å². The van der Waals surface area contributed by atoms with Gasteiger partial charge >= 0.3 is 0 Å². The van der Waals surface area contributed by atoms with Crippen LogP contribution in [0.2, 0.25) is 5.02 Å². The van der Waals surface area contributed by atoms with Gasteiger partial charge in [0.1, 0.15) is 6.61 Å². The second kappa shape index (κ2) is 9.69. The van der Waals surface area contributed by atoms with Gasteiger partial charge in [-0.05, 0) is 30.7 Å². The molecule has 1 aliphatic carbocycles. The van der Waals surface area contributed by atoms with E-state index >= 15 is 0 Å². The largest absolute Gasteiger partial charge is 0.476 e. The molecule has 0 saturated heterocycles. The van der Waals surface area contributed by atoms with E-state index in [1.54, 1.807) is 32.5 Å². The van der Waals surface area contributed by atoms with E-state index in [0.29, 0.717) is 29.5 Å². The third-order valence-corrected chi connectivity index (χ3v) is 4.67. The predicted molar refractivity (Wildman–Crippen MR) is 96.9 cm³/mol. The molecule has 1 heterocycles. The zero-order valence-electron chi connectivity index (χ0n) is 14.5. The smallest absolute Gasteiger partial charge is 0.213 e. The maximum absolute atomic E-state index is 5.79. The lowest BCUT2D eigenvalue weighted by molar-refractivity contribution is 0.0732. The predicted octanol–water partition coefficient (Wildman–Crippen LogP) is 2.49. The van der Waals surface area contributed by atoms with Crippen LogP contribution in [0.15, 0.2) is 23.3 Å². The van der Waals surface area contributed by atoms with Gasteiger partial charge in [-0.3, -0.25) is 4.99 Å². The van der Waals surface area contributed by atoms with Crippen LogP contribution in [0.25, 0.3) is 0 Å². The number of hydrogen-bond donors (Lipinski definition) is 2. The molecule has 0 aromatic carbocycles. The molecule has 1 fully saturated rings. The van der Waals surface area contributed by atoms with Crippen molar-refractivity contribution < 1.29 is 9.47 Å². The normalized spacial score (nSPS) is 16.4. The molecule has 1 aliphatic rings. The third-order valence-electron chi connectivity index (χ3n) is 4.45. The second-order valence-corrected chi connectivity index (χ2v) is 6.55. The molecule has 0 spiro atoms. The van der Waals surface area contributed by atoms with E-state index < -0.39 is 0 Å². The van der Waals surface area contributed by atoms with Crippen molar-refractivity contribution >= 4 is 17.6 Å². The molecular weight excluding hydrogens is 328 g/mol. The zero-order valence-corrected chi connectivity index (χ0v) is 15.2. The first-order valence-electron chi connectivity index (χ1n) is 8.35. The van der Waals surface area contributed by atoms with E-state index in [0.717, 1.165) is 25.5 Å². The third kappa shape index (κ3) is 5.83. The molecule has 134 valence electrons. The Labute approximate surface area is 149 Å². The van der Waals surface area contributed by atoms with Crippen molar-refractivity contribution in [1.29, 1.82) is 0 Å². The highest BCUT2D eigenvalue weighted by atomic mass is 35.5. The highest BCUT2D eigenvalue weighted by Gasteiger charge is 2.36. The summed E-state index contributed by atoms with van der Waals surface area (Å²) in [6.45, 7) is 2.89. The molecule has 2 N–H and O–H groups in total. The van der Waals surface area contributed by atoms with E-state index in [-0.39, 0.29) is 0 Å². The van der Waals surface area contributed by atoms with Crippen molar-refractivity contribution in [3.8, 4) is 5.88 Å². The average Bonchev–Trinajstić information content (AvgIpc) is 2.57. The van der Waals surface area contributed by atoms with Crippen LogP contribution in [0.5, 0.6) is 5.88 Å². The molecule has 1 aromatic rings. The molecule has 1 saturated carbocycles. The summed E-state index contributed by atoms with van der Waals surface area (Å²) in [7, 11) is 3.54. The van der Waals surface area contributed by atoms with Crippen LogP contribution in [0.1, 0.15) is 25.7 Å². The SMILES string of the molecule is CN=C(NCCOc1ccc(Cl)cn1)NCC1(CCOC)CCC1. The lowest BCUT2D eigenvalue weighted by Gasteiger charge is -2.42. The Kier molecular flexibility index (Phi) is 7.59. The van der Waals surface area contributed by atoms with Gasteiger partial charge in [0.15, 0.2) is 5.96 Å². The molecule has 0 unspecified atom stereocenters. The molecule has 0 amide bonds. The van der Waals surface area contributed by atoms with Gasteiger partial charge in [-0.1, -0.05) is 18.0 Å². The number of methoxy groups -OCH3 is 1. The zero-order chi connectivity index (χ0) is 17.3. The quantitative estimate of drug-likeness (QED) is 0.405. The topological polar surface area (TPSA) is 67.8 Å². The van der Waals surface area contributed by atoms with Gasteiger partial charge in [-0.2, -0.15) is 0 Å². The van der Waals surface area contributed by atoms with Crippen molar-refractivity contribution in [3.63, 3.8) is 0 Å². The molecule has 2 rings (SSSR count). The Balaban J connectivity index is 1.66. The van der Waals surface area contributed by atoms with Crippen LogP contribution >= 0.6 is 11.6 Å². The summed E-state index contributed by atoms with van der Waals surface area (Å²) in [5, 5.41) is 7.28. The average molecular weight is 355 g/mol. The molecule has 0 radical (unpaired) electrons.